The molecule has 4 bridgehead atoms. The van der Waals surface area contributed by atoms with Gasteiger partial charge in [-0.2, -0.15) is 0 Å². The minimum absolute atomic E-state index is 0.138. The van der Waals surface area contributed by atoms with Gasteiger partial charge < -0.3 is 15.4 Å². The lowest BCUT2D eigenvalue weighted by Crippen LogP contribution is -2.62. The van der Waals surface area contributed by atoms with Crippen molar-refractivity contribution in [3.63, 3.8) is 0 Å². The maximum atomic E-state index is 12.6. The molecule has 5 rings (SSSR count). The average Bonchev–Trinajstić information content (AvgIpc) is 2.67. The fourth-order valence-electron chi connectivity index (χ4n) is 6.08. The van der Waals surface area contributed by atoms with Gasteiger partial charge in [0.2, 0.25) is 5.91 Å². The summed E-state index contributed by atoms with van der Waals surface area (Å²) in [6.45, 7) is 3.57. The van der Waals surface area contributed by atoms with Crippen LogP contribution in [0.1, 0.15) is 61.4 Å². The molecule has 3 amide bonds. The lowest BCUT2D eigenvalue weighted by molar-refractivity contribution is -0.120. The van der Waals surface area contributed by atoms with E-state index in [4.69, 9.17) is 4.74 Å². The molecule has 4 aliphatic carbocycles. The van der Waals surface area contributed by atoms with Gasteiger partial charge in [0.25, 0.3) is 0 Å². The number of ether oxygens (including phenoxy) is 1. The molecule has 162 valence electrons. The first kappa shape index (κ1) is 20.7. The van der Waals surface area contributed by atoms with Crippen molar-refractivity contribution >= 4 is 23.6 Å². The van der Waals surface area contributed by atoms with E-state index in [0.29, 0.717) is 11.3 Å². The third-order valence-electron chi connectivity index (χ3n) is 7.08. The number of anilines is 1. The predicted molar refractivity (Wildman–Crippen MR) is 113 cm³/mol. The number of nitrogens with one attached hydrogen (secondary N) is 3. The molecule has 0 heterocycles. The van der Waals surface area contributed by atoms with Gasteiger partial charge >= 0.3 is 12.0 Å². The standard InChI is InChI=1S/C23H31N3O4/c1-13-4-5-18(21(28)30-3)9-19(13)24-14(2)20(27)25-22(29)26-23-10-15-6-16(11-23)8-17(7-15)12-23/h4-5,9,14-17,24H,6-8,10-12H2,1-3H3,(H2,25,26,27,29)/t14-,15?,16?,17?,23?/m1/s1. The lowest BCUT2D eigenvalue weighted by atomic mass is 9.53. The number of carbonyl (C=O) groups is 3. The van der Waals surface area contributed by atoms with E-state index in [2.05, 4.69) is 16.0 Å². The average molecular weight is 414 g/mol. The lowest BCUT2D eigenvalue weighted by Gasteiger charge is -2.56. The molecule has 0 aliphatic heterocycles. The summed E-state index contributed by atoms with van der Waals surface area (Å²) in [7, 11) is 1.33. The molecule has 0 unspecified atom stereocenters. The molecule has 1 aromatic rings. The van der Waals surface area contributed by atoms with Crippen molar-refractivity contribution in [1.82, 2.24) is 10.6 Å². The third-order valence-corrected chi connectivity index (χ3v) is 7.08. The molecule has 7 heteroatoms. The molecule has 0 saturated heterocycles. The number of hydrogen-bond donors (Lipinski definition) is 3. The highest BCUT2D eigenvalue weighted by Gasteiger charge is 2.51. The van der Waals surface area contributed by atoms with E-state index in [-0.39, 0.29) is 5.54 Å². The van der Waals surface area contributed by atoms with Crippen LogP contribution in [0.15, 0.2) is 18.2 Å². The van der Waals surface area contributed by atoms with Crippen molar-refractivity contribution in [3.8, 4) is 0 Å². The number of urea groups is 1. The molecular formula is C23H31N3O4. The summed E-state index contributed by atoms with van der Waals surface area (Å²) in [4.78, 5) is 37.0. The van der Waals surface area contributed by atoms with E-state index in [1.807, 2.05) is 6.92 Å². The van der Waals surface area contributed by atoms with E-state index >= 15 is 0 Å². The Morgan fingerprint density at radius 3 is 2.23 bits per heavy atom. The number of carbonyl (C=O) groups excluding carboxylic acids is 3. The van der Waals surface area contributed by atoms with E-state index in [0.717, 1.165) is 42.6 Å². The van der Waals surface area contributed by atoms with Gasteiger partial charge in [0.1, 0.15) is 6.04 Å². The molecule has 0 aromatic heterocycles. The number of aryl methyl sites for hydroxylation is 1. The van der Waals surface area contributed by atoms with Gasteiger partial charge in [-0.1, -0.05) is 6.07 Å². The highest BCUT2D eigenvalue weighted by Crippen LogP contribution is 2.55. The van der Waals surface area contributed by atoms with Crippen LogP contribution in [-0.4, -0.2) is 36.6 Å². The smallest absolute Gasteiger partial charge is 0.337 e. The van der Waals surface area contributed by atoms with Crippen LogP contribution in [0.4, 0.5) is 10.5 Å². The van der Waals surface area contributed by atoms with E-state index in [1.165, 1.54) is 26.4 Å². The summed E-state index contributed by atoms with van der Waals surface area (Å²) >= 11 is 0. The minimum Gasteiger partial charge on any atom is -0.465 e. The van der Waals surface area contributed by atoms with Crippen LogP contribution < -0.4 is 16.0 Å². The SMILES string of the molecule is COC(=O)c1ccc(C)c(N[C@H](C)C(=O)NC(=O)NC23CC4CC(CC(C4)C2)C3)c1. The second-order valence-corrected chi connectivity index (χ2v) is 9.53. The van der Waals surface area contributed by atoms with Crippen LogP contribution in [0.3, 0.4) is 0 Å². The summed E-state index contributed by atoms with van der Waals surface area (Å²) in [5.41, 5.74) is 1.81. The molecule has 0 radical (unpaired) electrons. The Balaban J connectivity index is 1.35. The zero-order valence-corrected chi connectivity index (χ0v) is 17.9. The minimum atomic E-state index is -0.640. The summed E-state index contributed by atoms with van der Waals surface area (Å²) in [6.07, 6.45) is 7.00. The molecule has 4 aliphatic rings. The Hall–Kier alpha value is -2.57. The first-order valence-electron chi connectivity index (χ1n) is 10.9. The van der Waals surface area contributed by atoms with Crippen molar-refractivity contribution in [2.75, 3.05) is 12.4 Å². The number of benzene rings is 1. The largest absolute Gasteiger partial charge is 0.465 e. The first-order chi connectivity index (χ1) is 14.3. The number of rotatable bonds is 5. The van der Waals surface area contributed by atoms with Crippen molar-refractivity contribution in [3.05, 3.63) is 29.3 Å². The van der Waals surface area contributed by atoms with Crippen molar-refractivity contribution in [1.29, 1.82) is 0 Å². The van der Waals surface area contributed by atoms with E-state index in [1.54, 1.807) is 25.1 Å². The van der Waals surface area contributed by atoms with Gasteiger partial charge in [-0.05, 0) is 87.8 Å². The second kappa shape index (κ2) is 7.93. The van der Waals surface area contributed by atoms with Crippen molar-refractivity contribution in [2.45, 2.75) is 64.0 Å². The topological polar surface area (TPSA) is 96.5 Å². The molecule has 4 saturated carbocycles. The number of imide groups is 1. The fourth-order valence-corrected chi connectivity index (χ4v) is 6.08. The second-order valence-electron chi connectivity index (χ2n) is 9.53. The Morgan fingerprint density at radius 1 is 1.07 bits per heavy atom. The Morgan fingerprint density at radius 2 is 1.67 bits per heavy atom. The zero-order valence-electron chi connectivity index (χ0n) is 17.9. The molecule has 1 atom stereocenters. The zero-order chi connectivity index (χ0) is 21.5. The van der Waals surface area contributed by atoms with Crippen molar-refractivity contribution in [2.24, 2.45) is 17.8 Å². The van der Waals surface area contributed by atoms with Gasteiger partial charge in [0.05, 0.1) is 12.7 Å². The number of amides is 3. The highest BCUT2D eigenvalue weighted by molar-refractivity contribution is 5.98. The Bertz CT molecular complexity index is 831. The normalized spacial score (nSPS) is 29.8. The first-order valence-corrected chi connectivity index (χ1v) is 10.9. The van der Waals surface area contributed by atoms with Crippen LogP contribution in [0, 0.1) is 24.7 Å². The fraction of sp³-hybridized carbons (Fsp3) is 0.609. The summed E-state index contributed by atoms with van der Waals surface area (Å²) in [6, 6.07) is 4.07. The highest BCUT2D eigenvalue weighted by atomic mass is 16.5. The van der Waals surface area contributed by atoms with Gasteiger partial charge in [-0.15, -0.1) is 0 Å². The van der Waals surface area contributed by atoms with Crippen LogP contribution in [-0.2, 0) is 9.53 Å². The van der Waals surface area contributed by atoms with Crippen LogP contribution in [0.25, 0.3) is 0 Å². The quantitative estimate of drug-likeness (QED) is 0.643. The molecule has 4 fully saturated rings. The summed E-state index contributed by atoms with van der Waals surface area (Å²) < 4.78 is 4.75. The maximum absolute atomic E-state index is 12.6. The van der Waals surface area contributed by atoms with E-state index < -0.39 is 23.9 Å². The van der Waals surface area contributed by atoms with Crippen LogP contribution in [0.2, 0.25) is 0 Å². The molecule has 1 aromatic carbocycles. The predicted octanol–water partition coefficient (Wildman–Crippen LogP) is 3.38. The number of hydrogen-bond acceptors (Lipinski definition) is 5. The number of methoxy groups -OCH3 is 1. The van der Waals surface area contributed by atoms with Gasteiger partial charge in [0, 0.05) is 11.2 Å². The molecule has 30 heavy (non-hydrogen) atoms. The van der Waals surface area contributed by atoms with Crippen molar-refractivity contribution < 1.29 is 19.1 Å². The van der Waals surface area contributed by atoms with E-state index in [9.17, 15) is 14.4 Å². The molecule has 0 spiro atoms. The summed E-state index contributed by atoms with van der Waals surface area (Å²) in [5.74, 6) is 1.32. The molecule has 3 N–H and O–H groups in total. The monoisotopic (exact) mass is 413 g/mol. The molecule has 7 nitrogen and oxygen atoms in total. The van der Waals surface area contributed by atoms with Gasteiger partial charge in [0.15, 0.2) is 0 Å². The summed E-state index contributed by atoms with van der Waals surface area (Å²) in [5, 5.41) is 8.75. The third kappa shape index (κ3) is 4.16. The van der Waals surface area contributed by atoms with Crippen LogP contribution in [0.5, 0.6) is 0 Å². The van der Waals surface area contributed by atoms with Crippen LogP contribution >= 0.6 is 0 Å². The Kier molecular flexibility index (Phi) is 5.47. The van der Waals surface area contributed by atoms with Gasteiger partial charge in [-0.3, -0.25) is 10.1 Å². The maximum Gasteiger partial charge on any atom is 0.337 e. The molecular weight excluding hydrogens is 382 g/mol. The van der Waals surface area contributed by atoms with Gasteiger partial charge in [-0.25, -0.2) is 9.59 Å². The Labute approximate surface area is 177 Å². The number of esters is 1.